The molecule has 1 aromatic heterocycles. The Hall–Kier alpha value is -2.09. The van der Waals surface area contributed by atoms with Gasteiger partial charge in [-0.3, -0.25) is 0 Å². The van der Waals surface area contributed by atoms with Crippen molar-refractivity contribution in [3.8, 4) is 6.07 Å². The van der Waals surface area contributed by atoms with Gasteiger partial charge in [0.05, 0.1) is 11.4 Å². The van der Waals surface area contributed by atoms with Gasteiger partial charge >= 0.3 is 0 Å². The minimum Gasteiger partial charge on any atom is -0.236 e. The minimum absolute atomic E-state index is 0.401. The van der Waals surface area contributed by atoms with Crippen LogP contribution in [0.2, 0.25) is 0 Å². The molecule has 15 heavy (non-hydrogen) atoms. The van der Waals surface area contributed by atoms with Crippen LogP contribution in [0.4, 0.5) is 0 Å². The second-order valence-electron chi connectivity index (χ2n) is 3.19. The molecule has 1 radical (unpaired) electrons. The highest BCUT2D eigenvalue weighted by Crippen LogP contribution is 2.19. The molecule has 0 fully saturated rings. The SMILES string of the molecule is CCC1=C(n2ccc(C#N)n2)C(C)=N[N]1. The molecule has 75 valence electrons. The molecule has 0 N–H and O–H groups in total. The Balaban J connectivity index is 2.45. The van der Waals surface area contributed by atoms with Gasteiger partial charge in [-0.05, 0) is 19.4 Å². The molecule has 2 heterocycles. The smallest absolute Gasteiger partial charge is 0.162 e. The van der Waals surface area contributed by atoms with Gasteiger partial charge in [0, 0.05) is 6.20 Å². The summed E-state index contributed by atoms with van der Waals surface area (Å²) in [6.45, 7) is 3.90. The van der Waals surface area contributed by atoms with E-state index in [4.69, 9.17) is 5.26 Å². The van der Waals surface area contributed by atoms with Crippen LogP contribution in [0.5, 0.6) is 0 Å². The Labute approximate surface area is 87.7 Å². The van der Waals surface area contributed by atoms with E-state index in [1.165, 1.54) is 0 Å². The summed E-state index contributed by atoms with van der Waals surface area (Å²) >= 11 is 0. The maximum atomic E-state index is 8.69. The van der Waals surface area contributed by atoms with Crippen molar-refractivity contribution in [2.75, 3.05) is 0 Å². The predicted molar refractivity (Wildman–Crippen MR) is 55.7 cm³/mol. The third kappa shape index (κ3) is 1.50. The number of hydrogen-bond donors (Lipinski definition) is 0. The number of nitriles is 1. The molecule has 0 spiro atoms. The maximum Gasteiger partial charge on any atom is 0.162 e. The normalized spacial score (nSPS) is 14.9. The molecule has 0 atom stereocenters. The molecular formula is C10H10N5. The summed E-state index contributed by atoms with van der Waals surface area (Å²) in [5.74, 6) is 0. The molecule has 0 amide bonds. The molecule has 0 bridgehead atoms. The largest absolute Gasteiger partial charge is 0.236 e. The van der Waals surface area contributed by atoms with Crippen LogP contribution in [0.1, 0.15) is 26.0 Å². The molecular weight excluding hydrogens is 190 g/mol. The fourth-order valence-electron chi connectivity index (χ4n) is 1.48. The van der Waals surface area contributed by atoms with E-state index in [9.17, 15) is 0 Å². The molecule has 5 heteroatoms. The molecule has 2 rings (SSSR count). The molecule has 0 unspecified atom stereocenters. The molecule has 0 aromatic carbocycles. The van der Waals surface area contributed by atoms with E-state index in [-0.39, 0.29) is 0 Å². The zero-order valence-corrected chi connectivity index (χ0v) is 8.60. The van der Waals surface area contributed by atoms with Crippen molar-refractivity contribution in [2.24, 2.45) is 5.10 Å². The van der Waals surface area contributed by atoms with Crippen molar-refractivity contribution in [1.82, 2.24) is 15.2 Å². The van der Waals surface area contributed by atoms with Gasteiger partial charge < -0.3 is 0 Å². The summed E-state index contributed by atoms with van der Waals surface area (Å²) in [7, 11) is 0. The number of nitrogens with zero attached hydrogens (tertiary/aromatic N) is 5. The lowest BCUT2D eigenvalue weighted by atomic mass is 10.2. The lowest BCUT2D eigenvalue weighted by molar-refractivity contribution is 0.819. The van der Waals surface area contributed by atoms with Crippen molar-refractivity contribution < 1.29 is 0 Å². The van der Waals surface area contributed by atoms with Crippen LogP contribution in [-0.2, 0) is 0 Å². The van der Waals surface area contributed by atoms with Crippen LogP contribution in [0.25, 0.3) is 5.70 Å². The first-order chi connectivity index (χ1) is 7.26. The molecule has 1 aromatic rings. The van der Waals surface area contributed by atoms with Gasteiger partial charge in [-0.15, -0.1) is 0 Å². The van der Waals surface area contributed by atoms with Crippen molar-refractivity contribution in [2.45, 2.75) is 20.3 Å². The topological polar surface area (TPSA) is 68.1 Å². The minimum atomic E-state index is 0.401. The van der Waals surface area contributed by atoms with Gasteiger partial charge in [0.15, 0.2) is 5.69 Å². The number of aromatic nitrogens is 2. The molecule has 1 aliphatic rings. The average molecular weight is 200 g/mol. The summed E-state index contributed by atoms with van der Waals surface area (Å²) in [5, 5.41) is 16.8. The van der Waals surface area contributed by atoms with Crippen molar-refractivity contribution in [3.05, 3.63) is 23.7 Å². The van der Waals surface area contributed by atoms with Gasteiger partial charge in [0.2, 0.25) is 0 Å². The molecule has 1 aliphatic heterocycles. The van der Waals surface area contributed by atoms with Crippen molar-refractivity contribution in [3.63, 3.8) is 0 Å². The number of rotatable bonds is 2. The van der Waals surface area contributed by atoms with Gasteiger partial charge in [0.25, 0.3) is 0 Å². The van der Waals surface area contributed by atoms with Crippen LogP contribution in [0, 0.1) is 11.3 Å². The van der Waals surface area contributed by atoms with Gasteiger partial charge in [-0.25, -0.2) is 4.68 Å². The lowest BCUT2D eigenvalue weighted by Crippen LogP contribution is -2.06. The van der Waals surface area contributed by atoms with Gasteiger partial charge in [-0.2, -0.15) is 20.9 Å². The van der Waals surface area contributed by atoms with E-state index in [1.807, 2.05) is 19.9 Å². The maximum absolute atomic E-state index is 8.69. The Morgan fingerprint density at radius 3 is 2.93 bits per heavy atom. The second-order valence-corrected chi connectivity index (χ2v) is 3.19. The molecule has 0 saturated heterocycles. The van der Waals surface area contributed by atoms with E-state index in [2.05, 4.69) is 15.6 Å². The zero-order chi connectivity index (χ0) is 10.8. The van der Waals surface area contributed by atoms with Crippen LogP contribution in [-0.4, -0.2) is 15.5 Å². The molecule has 0 aliphatic carbocycles. The number of hydrogen-bond acceptors (Lipinski definition) is 3. The number of allylic oxidation sites excluding steroid dienone is 2. The summed E-state index contributed by atoms with van der Waals surface area (Å²) < 4.78 is 1.66. The third-order valence-corrected chi connectivity index (χ3v) is 2.20. The third-order valence-electron chi connectivity index (χ3n) is 2.20. The summed E-state index contributed by atoms with van der Waals surface area (Å²) in [4.78, 5) is 0. The monoisotopic (exact) mass is 200 g/mol. The lowest BCUT2D eigenvalue weighted by Gasteiger charge is -2.03. The first-order valence-electron chi connectivity index (χ1n) is 4.71. The summed E-state index contributed by atoms with van der Waals surface area (Å²) in [6, 6.07) is 3.67. The zero-order valence-electron chi connectivity index (χ0n) is 8.60. The van der Waals surface area contributed by atoms with Crippen LogP contribution < -0.4 is 5.43 Å². The second kappa shape index (κ2) is 3.58. The van der Waals surface area contributed by atoms with Gasteiger partial charge in [-0.1, -0.05) is 6.92 Å². The molecule has 5 nitrogen and oxygen atoms in total. The van der Waals surface area contributed by atoms with E-state index < -0.39 is 0 Å². The first-order valence-corrected chi connectivity index (χ1v) is 4.71. The van der Waals surface area contributed by atoms with Crippen molar-refractivity contribution >= 4 is 11.4 Å². The predicted octanol–water partition coefficient (Wildman–Crippen LogP) is 1.33. The summed E-state index contributed by atoms with van der Waals surface area (Å²) in [6.07, 6.45) is 2.56. The highest BCUT2D eigenvalue weighted by Gasteiger charge is 2.19. The van der Waals surface area contributed by atoms with Crippen LogP contribution in [0.3, 0.4) is 0 Å². The quantitative estimate of drug-likeness (QED) is 0.722. The van der Waals surface area contributed by atoms with Crippen LogP contribution >= 0.6 is 0 Å². The highest BCUT2D eigenvalue weighted by molar-refractivity contribution is 6.19. The fraction of sp³-hybridized carbons (Fsp3) is 0.300. The molecule has 0 saturated carbocycles. The highest BCUT2D eigenvalue weighted by atomic mass is 15.4. The standard InChI is InChI=1S/C10H10N5/c1-3-9-10(7(2)12-13-9)15-5-4-8(6-11)14-15/h4-5H,3H2,1-2H3. The summed E-state index contributed by atoms with van der Waals surface area (Å²) in [5.41, 5.74) is 7.08. The Morgan fingerprint density at radius 1 is 1.53 bits per heavy atom. The van der Waals surface area contributed by atoms with E-state index >= 15 is 0 Å². The fourth-order valence-corrected chi connectivity index (χ4v) is 1.48. The van der Waals surface area contributed by atoms with Crippen LogP contribution in [0.15, 0.2) is 23.1 Å². The van der Waals surface area contributed by atoms with Gasteiger partial charge in [0.1, 0.15) is 11.8 Å². The first kappa shape index (κ1) is 9.46. The average Bonchev–Trinajstić information content (AvgIpc) is 2.83. The van der Waals surface area contributed by atoms with E-state index in [1.54, 1.807) is 16.9 Å². The Kier molecular flexibility index (Phi) is 2.26. The Morgan fingerprint density at radius 2 is 2.33 bits per heavy atom. The Bertz CT molecular complexity index is 486. The van der Waals surface area contributed by atoms with Crippen molar-refractivity contribution in [1.29, 1.82) is 5.26 Å². The van der Waals surface area contributed by atoms with E-state index in [0.29, 0.717) is 5.69 Å². The van der Waals surface area contributed by atoms with E-state index in [0.717, 1.165) is 23.5 Å².